The Morgan fingerprint density at radius 1 is 1.04 bits per heavy atom. The summed E-state index contributed by atoms with van der Waals surface area (Å²) in [5, 5.41) is 2.14. The third-order valence-corrected chi connectivity index (χ3v) is 6.38. The number of thiophene rings is 1. The Morgan fingerprint density at radius 3 is 2.27 bits per heavy atom. The minimum atomic E-state index is 0.0981. The van der Waals surface area contributed by atoms with Gasteiger partial charge in [0.2, 0.25) is 5.91 Å². The Hall–Kier alpha value is -2.39. The SMILES string of the molecule is C[C@H]1c2ccsc2CCN1C(=O)CC(c1ccccc1)c1ccccc1. The Bertz CT molecular complexity index is 832. The van der Waals surface area contributed by atoms with Gasteiger partial charge in [0.15, 0.2) is 0 Å². The third-order valence-electron chi connectivity index (χ3n) is 5.38. The van der Waals surface area contributed by atoms with Crippen molar-refractivity contribution in [2.45, 2.75) is 31.7 Å². The molecule has 0 unspecified atom stereocenters. The highest BCUT2D eigenvalue weighted by Crippen LogP contribution is 2.35. The molecule has 1 aromatic heterocycles. The van der Waals surface area contributed by atoms with Gasteiger partial charge in [-0.3, -0.25) is 4.79 Å². The van der Waals surface area contributed by atoms with Crippen molar-refractivity contribution in [2.75, 3.05) is 6.54 Å². The van der Waals surface area contributed by atoms with Crippen LogP contribution in [0.5, 0.6) is 0 Å². The fraction of sp³-hybridized carbons (Fsp3) is 0.261. The van der Waals surface area contributed by atoms with Gasteiger partial charge in [-0.05, 0) is 41.5 Å². The molecule has 0 bridgehead atoms. The standard InChI is InChI=1S/C23H23NOS/c1-17-20-13-15-26-22(20)12-14-24(17)23(25)16-21(18-8-4-2-5-9-18)19-10-6-3-7-11-19/h2-11,13,15,17,21H,12,14,16H2,1H3/t17-/m0/s1. The van der Waals surface area contributed by atoms with Crippen molar-refractivity contribution in [3.63, 3.8) is 0 Å². The van der Waals surface area contributed by atoms with Gasteiger partial charge >= 0.3 is 0 Å². The van der Waals surface area contributed by atoms with E-state index in [9.17, 15) is 4.79 Å². The van der Waals surface area contributed by atoms with Crippen LogP contribution in [0.2, 0.25) is 0 Å². The van der Waals surface area contributed by atoms with E-state index in [4.69, 9.17) is 0 Å². The van der Waals surface area contributed by atoms with Crippen molar-refractivity contribution in [2.24, 2.45) is 0 Å². The second-order valence-corrected chi connectivity index (χ2v) is 7.89. The number of nitrogens with zero attached hydrogens (tertiary/aromatic N) is 1. The average Bonchev–Trinajstić information content (AvgIpc) is 3.17. The maximum Gasteiger partial charge on any atom is 0.224 e. The van der Waals surface area contributed by atoms with Crippen LogP contribution < -0.4 is 0 Å². The number of amides is 1. The summed E-state index contributed by atoms with van der Waals surface area (Å²) in [7, 11) is 0. The zero-order valence-electron chi connectivity index (χ0n) is 15.0. The molecule has 0 fully saturated rings. The third kappa shape index (κ3) is 3.32. The normalized spacial score (nSPS) is 16.5. The van der Waals surface area contributed by atoms with Crippen LogP contribution in [0, 0.1) is 0 Å². The summed E-state index contributed by atoms with van der Waals surface area (Å²) in [5.74, 6) is 0.341. The quantitative estimate of drug-likeness (QED) is 0.608. The minimum absolute atomic E-state index is 0.0981. The molecule has 1 amide bonds. The lowest BCUT2D eigenvalue weighted by Crippen LogP contribution is -2.38. The molecular weight excluding hydrogens is 338 g/mol. The summed E-state index contributed by atoms with van der Waals surface area (Å²) in [4.78, 5) is 16.7. The molecule has 26 heavy (non-hydrogen) atoms. The number of hydrogen-bond acceptors (Lipinski definition) is 2. The molecule has 0 saturated heterocycles. The number of fused-ring (bicyclic) bond motifs is 1. The average molecular weight is 362 g/mol. The fourth-order valence-corrected chi connectivity index (χ4v) is 4.90. The van der Waals surface area contributed by atoms with E-state index >= 15 is 0 Å². The second kappa shape index (κ2) is 7.46. The maximum absolute atomic E-state index is 13.2. The topological polar surface area (TPSA) is 20.3 Å². The van der Waals surface area contributed by atoms with Gasteiger partial charge in [0.25, 0.3) is 0 Å². The molecule has 4 rings (SSSR count). The molecule has 132 valence electrons. The highest BCUT2D eigenvalue weighted by Gasteiger charge is 2.30. The van der Waals surface area contributed by atoms with E-state index in [1.165, 1.54) is 21.6 Å². The van der Waals surface area contributed by atoms with Gasteiger partial charge in [-0.15, -0.1) is 11.3 Å². The number of carbonyl (C=O) groups excluding carboxylic acids is 1. The Kier molecular flexibility index (Phi) is 4.89. The van der Waals surface area contributed by atoms with Gasteiger partial charge in [-0.2, -0.15) is 0 Å². The summed E-state index contributed by atoms with van der Waals surface area (Å²) in [6.45, 7) is 2.98. The second-order valence-electron chi connectivity index (χ2n) is 6.89. The lowest BCUT2D eigenvalue weighted by molar-refractivity contribution is -0.134. The first-order valence-corrected chi connectivity index (χ1v) is 10.1. The van der Waals surface area contributed by atoms with Crippen molar-refractivity contribution in [3.05, 3.63) is 93.7 Å². The van der Waals surface area contributed by atoms with E-state index in [1.807, 2.05) is 23.5 Å². The molecule has 0 radical (unpaired) electrons. The Morgan fingerprint density at radius 2 is 1.65 bits per heavy atom. The number of hydrogen-bond donors (Lipinski definition) is 0. The maximum atomic E-state index is 13.2. The summed E-state index contributed by atoms with van der Waals surface area (Å²) in [5.41, 5.74) is 3.73. The lowest BCUT2D eigenvalue weighted by atomic mass is 9.87. The number of rotatable bonds is 4. The summed E-state index contributed by atoms with van der Waals surface area (Å²) in [6.07, 6.45) is 1.49. The van der Waals surface area contributed by atoms with Crippen molar-refractivity contribution in [3.8, 4) is 0 Å². The Labute approximate surface area is 159 Å². The highest BCUT2D eigenvalue weighted by molar-refractivity contribution is 7.10. The van der Waals surface area contributed by atoms with Crippen LogP contribution in [0.4, 0.5) is 0 Å². The molecule has 2 heterocycles. The van der Waals surface area contributed by atoms with E-state index in [2.05, 4.69) is 71.8 Å². The van der Waals surface area contributed by atoms with Gasteiger partial charge in [0.1, 0.15) is 0 Å². The van der Waals surface area contributed by atoms with Gasteiger partial charge in [0, 0.05) is 23.8 Å². The zero-order valence-corrected chi connectivity index (χ0v) is 15.8. The first-order valence-electron chi connectivity index (χ1n) is 9.19. The van der Waals surface area contributed by atoms with Gasteiger partial charge < -0.3 is 4.90 Å². The van der Waals surface area contributed by atoms with Crippen molar-refractivity contribution < 1.29 is 4.79 Å². The molecular formula is C23H23NOS. The van der Waals surface area contributed by atoms with E-state index in [-0.39, 0.29) is 17.9 Å². The van der Waals surface area contributed by atoms with Gasteiger partial charge in [-0.25, -0.2) is 0 Å². The Balaban J connectivity index is 1.59. The van der Waals surface area contributed by atoms with Crippen LogP contribution in [-0.2, 0) is 11.2 Å². The highest BCUT2D eigenvalue weighted by atomic mass is 32.1. The fourth-order valence-electron chi connectivity index (χ4n) is 3.94. The van der Waals surface area contributed by atoms with Crippen LogP contribution in [-0.4, -0.2) is 17.4 Å². The van der Waals surface area contributed by atoms with Crippen LogP contribution in [0.15, 0.2) is 72.1 Å². The van der Waals surface area contributed by atoms with Crippen molar-refractivity contribution in [1.82, 2.24) is 4.90 Å². The molecule has 3 heteroatoms. The number of carbonyl (C=O) groups is 1. The van der Waals surface area contributed by atoms with E-state index in [1.54, 1.807) is 0 Å². The lowest BCUT2D eigenvalue weighted by Gasteiger charge is -2.35. The van der Waals surface area contributed by atoms with Crippen LogP contribution >= 0.6 is 11.3 Å². The smallest absolute Gasteiger partial charge is 0.224 e. The summed E-state index contributed by atoms with van der Waals surface area (Å²) >= 11 is 1.81. The molecule has 3 aromatic rings. The molecule has 1 aliphatic rings. The van der Waals surface area contributed by atoms with Crippen molar-refractivity contribution >= 4 is 17.2 Å². The van der Waals surface area contributed by atoms with Crippen LogP contribution in [0.1, 0.15) is 46.9 Å². The molecule has 0 aliphatic carbocycles. The first-order chi connectivity index (χ1) is 12.7. The molecule has 0 saturated carbocycles. The van der Waals surface area contributed by atoms with Crippen LogP contribution in [0.3, 0.4) is 0 Å². The van der Waals surface area contributed by atoms with E-state index in [0.29, 0.717) is 6.42 Å². The molecule has 2 nitrogen and oxygen atoms in total. The van der Waals surface area contributed by atoms with E-state index in [0.717, 1.165) is 13.0 Å². The zero-order chi connectivity index (χ0) is 17.9. The van der Waals surface area contributed by atoms with Gasteiger partial charge in [-0.1, -0.05) is 60.7 Å². The molecule has 1 aliphatic heterocycles. The van der Waals surface area contributed by atoms with Crippen molar-refractivity contribution in [1.29, 1.82) is 0 Å². The minimum Gasteiger partial charge on any atom is -0.336 e. The molecule has 0 N–H and O–H groups in total. The van der Waals surface area contributed by atoms with E-state index < -0.39 is 0 Å². The summed E-state index contributed by atoms with van der Waals surface area (Å²) < 4.78 is 0. The van der Waals surface area contributed by atoms with Gasteiger partial charge in [0.05, 0.1) is 6.04 Å². The van der Waals surface area contributed by atoms with Crippen LogP contribution in [0.25, 0.3) is 0 Å². The monoisotopic (exact) mass is 361 g/mol. The largest absolute Gasteiger partial charge is 0.336 e. The molecule has 1 atom stereocenters. The summed E-state index contributed by atoms with van der Waals surface area (Å²) in [6, 6.07) is 23.1. The predicted molar refractivity (Wildman–Crippen MR) is 107 cm³/mol. The predicted octanol–water partition coefficient (Wildman–Crippen LogP) is 5.42. The molecule has 0 spiro atoms. The first kappa shape index (κ1) is 17.0. The number of benzene rings is 2. The molecule has 2 aromatic carbocycles.